The molecule has 130 valence electrons. The molecular weight excluding hydrogens is 336 g/mol. The molecule has 0 aliphatic carbocycles. The molecule has 1 fully saturated rings. The average Bonchev–Trinajstić information content (AvgIpc) is 3.27. The fraction of sp³-hybridized carbons (Fsp3) is 0.263. The van der Waals surface area contributed by atoms with Gasteiger partial charge in [0.2, 0.25) is 11.8 Å². The molecule has 0 spiro atoms. The quantitative estimate of drug-likeness (QED) is 0.853. The fourth-order valence-corrected chi connectivity index (χ4v) is 3.72. The molecule has 1 N–H and O–H groups in total. The van der Waals surface area contributed by atoms with Crippen LogP contribution in [0.4, 0.5) is 5.69 Å². The second-order valence-corrected chi connectivity index (χ2v) is 6.96. The summed E-state index contributed by atoms with van der Waals surface area (Å²) in [7, 11) is 0. The highest BCUT2D eigenvalue weighted by Gasteiger charge is 2.33. The van der Waals surface area contributed by atoms with Crippen LogP contribution in [-0.2, 0) is 9.59 Å². The number of carbonyl (C=O) groups excluding carboxylic acids is 2. The molecule has 1 aliphatic rings. The SMILES string of the molecule is Cc1ccc(NC(=O)C2CSCN2C(=O)C=Cc2ccco2)cc1C. The van der Waals surface area contributed by atoms with Crippen molar-refractivity contribution in [3.63, 3.8) is 0 Å². The van der Waals surface area contributed by atoms with E-state index in [1.165, 1.54) is 11.6 Å². The maximum atomic E-state index is 12.6. The molecule has 2 aromatic rings. The van der Waals surface area contributed by atoms with Crippen LogP contribution in [0.5, 0.6) is 0 Å². The Bertz CT molecular complexity index is 799. The van der Waals surface area contributed by atoms with E-state index in [9.17, 15) is 9.59 Å². The van der Waals surface area contributed by atoms with Crippen molar-refractivity contribution >= 4 is 35.3 Å². The van der Waals surface area contributed by atoms with Gasteiger partial charge in [-0.2, -0.15) is 0 Å². The zero-order chi connectivity index (χ0) is 17.8. The van der Waals surface area contributed by atoms with Crippen LogP contribution in [0.1, 0.15) is 16.9 Å². The van der Waals surface area contributed by atoms with Gasteiger partial charge in [-0.3, -0.25) is 9.59 Å². The summed E-state index contributed by atoms with van der Waals surface area (Å²) in [5.74, 6) is 1.36. The number of benzene rings is 1. The predicted octanol–water partition coefficient (Wildman–Crippen LogP) is 3.45. The minimum absolute atomic E-state index is 0.159. The molecule has 1 aromatic heterocycles. The van der Waals surface area contributed by atoms with E-state index < -0.39 is 6.04 Å². The van der Waals surface area contributed by atoms with Crippen LogP contribution >= 0.6 is 11.8 Å². The molecule has 2 amide bonds. The van der Waals surface area contributed by atoms with Gasteiger partial charge in [-0.05, 0) is 55.3 Å². The molecule has 1 atom stereocenters. The van der Waals surface area contributed by atoms with Crippen molar-refractivity contribution in [3.8, 4) is 0 Å². The lowest BCUT2D eigenvalue weighted by atomic mass is 10.1. The van der Waals surface area contributed by atoms with Gasteiger partial charge in [0.15, 0.2) is 0 Å². The van der Waals surface area contributed by atoms with Crippen LogP contribution in [0.2, 0.25) is 0 Å². The second-order valence-electron chi connectivity index (χ2n) is 5.96. The highest BCUT2D eigenvalue weighted by atomic mass is 32.2. The van der Waals surface area contributed by atoms with Crippen molar-refractivity contribution in [1.82, 2.24) is 4.90 Å². The van der Waals surface area contributed by atoms with Crippen molar-refractivity contribution in [3.05, 3.63) is 59.6 Å². The zero-order valence-corrected chi connectivity index (χ0v) is 15.0. The topological polar surface area (TPSA) is 62.6 Å². The van der Waals surface area contributed by atoms with E-state index in [0.29, 0.717) is 17.4 Å². The Morgan fingerprint density at radius 2 is 2.12 bits per heavy atom. The van der Waals surface area contributed by atoms with Crippen LogP contribution in [0.15, 0.2) is 47.1 Å². The van der Waals surface area contributed by atoms with Gasteiger partial charge in [-0.15, -0.1) is 11.8 Å². The Morgan fingerprint density at radius 3 is 2.84 bits per heavy atom. The molecule has 6 heteroatoms. The van der Waals surface area contributed by atoms with E-state index in [1.54, 1.807) is 41.1 Å². The van der Waals surface area contributed by atoms with E-state index in [1.807, 2.05) is 32.0 Å². The number of carbonyl (C=O) groups is 2. The van der Waals surface area contributed by atoms with Gasteiger partial charge in [0, 0.05) is 17.5 Å². The maximum Gasteiger partial charge on any atom is 0.248 e. The molecule has 3 rings (SSSR count). The Morgan fingerprint density at radius 1 is 1.28 bits per heavy atom. The molecule has 1 aliphatic heterocycles. The van der Waals surface area contributed by atoms with Gasteiger partial charge in [0.1, 0.15) is 11.8 Å². The molecule has 0 radical (unpaired) electrons. The number of thioether (sulfide) groups is 1. The van der Waals surface area contributed by atoms with Crippen LogP contribution < -0.4 is 5.32 Å². The first kappa shape index (κ1) is 17.4. The smallest absolute Gasteiger partial charge is 0.248 e. The third kappa shape index (κ3) is 4.14. The number of nitrogens with zero attached hydrogens (tertiary/aromatic N) is 1. The maximum absolute atomic E-state index is 12.6. The number of furan rings is 1. The minimum atomic E-state index is -0.472. The summed E-state index contributed by atoms with van der Waals surface area (Å²) in [4.78, 5) is 26.6. The van der Waals surface area contributed by atoms with E-state index in [0.717, 1.165) is 11.3 Å². The molecular formula is C19H20N2O3S. The molecule has 1 aromatic carbocycles. The number of nitrogens with one attached hydrogen (secondary N) is 1. The van der Waals surface area contributed by atoms with Gasteiger partial charge in [-0.25, -0.2) is 0 Å². The molecule has 0 bridgehead atoms. The molecule has 25 heavy (non-hydrogen) atoms. The molecule has 2 heterocycles. The van der Waals surface area contributed by atoms with Crippen molar-refractivity contribution in [2.75, 3.05) is 16.9 Å². The van der Waals surface area contributed by atoms with Crippen molar-refractivity contribution in [1.29, 1.82) is 0 Å². The summed E-state index contributed by atoms with van der Waals surface area (Å²) in [6.45, 7) is 4.03. The van der Waals surface area contributed by atoms with Crippen molar-refractivity contribution in [2.45, 2.75) is 19.9 Å². The lowest BCUT2D eigenvalue weighted by Gasteiger charge is -2.21. The lowest BCUT2D eigenvalue weighted by molar-refractivity contribution is -0.132. The van der Waals surface area contributed by atoms with Gasteiger partial charge >= 0.3 is 0 Å². The largest absolute Gasteiger partial charge is 0.465 e. The third-order valence-electron chi connectivity index (χ3n) is 4.18. The van der Waals surface area contributed by atoms with Gasteiger partial charge < -0.3 is 14.6 Å². The van der Waals surface area contributed by atoms with E-state index in [2.05, 4.69) is 5.32 Å². The second kappa shape index (κ2) is 7.61. The summed E-state index contributed by atoms with van der Waals surface area (Å²) < 4.78 is 5.18. The van der Waals surface area contributed by atoms with Gasteiger partial charge in [-0.1, -0.05) is 6.07 Å². The van der Waals surface area contributed by atoms with Gasteiger partial charge in [0.05, 0.1) is 12.1 Å². The number of aryl methyl sites for hydroxylation is 2. The standard InChI is InChI=1S/C19H20N2O3S/c1-13-5-6-15(10-14(13)2)20-19(23)17-11-25-12-21(17)18(22)8-7-16-4-3-9-24-16/h3-10,17H,11-12H2,1-2H3,(H,20,23). The van der Waals surface area contributed by atoms with Crippen LogP contribution in [0.3, 0.4) is 0 Å². The van der Waals surface area contributed by atoms with Crippen molar-refractivity contribution in [2.24, 2.45) is 0 Å². The highest BCUT2D eigenvalue weighted by Crippen LogP contribution is 2.23. The number of hydrogen-bond acceptors (Lipinski definition) is 4. The Balaban J connectivity index is 1.66. The summed E-state index contributed by atoms with van der Waals surface area (Å²) in [5.41, 5.74) is 3.05. The Labute approximate surface area is 151 Å². The molecule has 1 saturated heterocycles. The van der Waals surface area contributed by atoms with Crippen LogP contribution in [-0.4, -0.2) is 34.4 Å². The number of anilines is 1. The summed E-state index contributed by atoms with van der Waals surface area (Å²) in [6.07, 6.45) is 4.61. The molecule has 0 saturated carbocycles. The Hall–Kier alpha value is -2.47. The van der Waals surface area contributed by atoms with Crippen LogP contribution in [0.25, 0.3) is 6.08 Å². The van der Waals surface area contributed by atoms with Crippen LogP contribution in [0, 0.1) is 13.8 Å². The number of hydrogen-bond donors (Lipinski definition) is 1. The summed E-state index contributed by atoms with van der Waals surface area (Å²) >= 11 is 1.57. The molecule has 5 nitrogen and oxygen atoms in total. The minimum Gasteiger partial charge on any atom is -0.465 e. The number of rotatable bonds is 4. The zero-order valence-electron chi connectivity index (χ0n) is 14.2. The third-order valence-corrected chi connectivity index (χ3v) is 5.19. The lowest BCUT2D eigenvalue weighted by Crippen LogP contribution is -2.43. The van der Waals surface area contributed by atoms with E-state index in [-0.39, 0.29) is 11.8 Å². The number of amides is 2. The van der Waals surface area contributed by atoms with Gasteiger partial charge in [0.25, 0.3) is 0 Å². The first-order chi connectivity index (χ1) is 12.0. The monoisotopic (exact) mass is 356 g/mol. The Kier molecular flexibility index (Phi) is 5.28. The average molecular weight is 356 g/mol. The summed E-state index contributed by atoms with van der Waals surface area (Å²) in [6, 6.07) is 8.86. The van der Waals surface area contributed by atoms with E-state index >= 15 is 0 Å². The first-order valence-corrected chi connectivity index (χ1v) is 9.18. The highest BCUT2D eigenvalue weighted by molar-refractivity contribution is 7.99. The molecule has 1 unspecified atom stereocenters. The normalized spacial score (nSPS) is 17.2. The van der Waals surface area contributed by atoms with E-state index in [4.69, 9.17) is 4.42 Å². The first-order valence-electron chi connectivity index (χ1n) is 8.02. The summed E-state index contributed by atoms with van der Waals surface area (Å²) in [5, 5.41) is 2.92. The van der Waals surface area contributed by atoms with Crippen molar-refractivity contribution < 1.29 is 14.0 Å². The fourth-order valence-electron chi connectivity index (χ4n) is 2.56. The predicted molar refractivity (Wildman–Crippen MR) is 100 cm³/mol.